The summed E-state index contributed by atoms with van der Waals surface area (Å²) in [7, 11) is 0. The zero-order valence-electron chi connectivity index (χ0n) is 9.13. The van der Waals surface area contributed by atoms with Crippen molar-refractivity contribution in [1.82, 2.24) is 20.6 Å². The Morgan fingerprint density at radius 2 is 2.62 bits per heavy atom. The SMILES string of the molecule is CC#CCNC(=O)C1Cc2nc[nH]c2CN1. The summed E-state index contributed by atoms with van der Waals surface area (Å²) < 4.78 is 0. The van der Waals surface area contributed by atoms with Crippen molar-refractivity contribution in [3.05, 3.63) is 17.7 Å². The lowest BCUT2D eigenvalue weighted by Crippen LogP contribution is -2.47. The molecule has 1 aromatic heterocycles. The van der Waals surface area contributed by atoms with Crippen molar-refractivity contribution in [2.45, 2.75) is 25.9 Å². The van der Waals surface area contributed by atoms with Crippen molar-refractivity contribution < 1.29 is 4.79 Å². The Morgan fingerprint density at radius 3 is 3.44 bits per heavy atom. The predicted octanol–water partition coefficient (Wildman–Crippen LogP) is -0.437. The number of nitrogens with one attached hydrogen (secondary N) is 3. The molecule has 84 valence electrons. The summed E-state index contributed by atoms with van der Waals surface area (Å²) in [6.45, 7) is 2.81. The van der Waals surface area contributed by atoms with E-state index in [-0.39, 0.29) is 11.9 Å². The molecule has 1 atom stereocenters. The average molecular weight is 218 g/mol. The van der Waals surface area contributed by atoms with Crippen LogP contribution >= 0.6 is 0 Å². The number of rotatable bonds is 2. The van der Waals surface area contributed by atoms with Crippen molar-refractivity contribution in [3.8, 4) is 11.8 Å². The summed E-state index contributed by atoms with van der Waals surface area (Å²) in [6.07, 6.45) is 2.29. The molecule has 0 saturated carbocycles. The highest BCUT2D eigenvalue weighted by molar-refractivity contribution is 5.82. The highest BCUT2D eigenvalue weighted by Gasteiger charge is 2.25. The van der Waals surface area contributed by atoms with Gasteiger partial charge in [0, 0.05) is 13.0 Å². The molecule has 16 heavy (non-hydrogen) atoms. The summed E-state index contributed by atoms with van der Waals surface area (Å²) in [6, 6.07) is -0.200. The molecule has 1 aromatic rings. The molecular weight excluding hydrogens is 204 g/mol. The highest BCUT2D eigenvalue weighted by Crippen LogP contribution is 2.11. The summed E-state index contributed by atoms with van der Waals surface area (Å²) in [5, 5.41) is 5.92. The standard InChI is InChI=1S/C11H14N4O/c1-2-3-4-12-11(16)9-5-8-10(6-13-9)15-7-14-8/h7,9,13H,4-6H2,1H3,(H,12,16)(H,14,15). The normalized spacial score (nSPS) is 18.2. The van der Waals surface area contributed by atoms with Crippen LogP contribution in [0.2, 0.25) is 0 Å². The second-order valence-corrected chi connectivity index (χ2v) is 3.61. The van der Waals surface area contributed by atoms with Gasteiger partial charge in [0.15, 0.2) is 0 Å². The molecule has 1 aliphatic heterocycles. The van der Waals surface area contributed by atoms with Crippen LogP contribution in [0.5, 0.6) is 0 Å². The quantitative estimate of drug-likeness (QED) is 0.590. The van der Waals surface area contributed by atoms with Crippen LogP contribution in [-0.2, 0) is 17.8 Å². The van der Waals surface area contributed by atoms with Crippen molar-refractivity contribution in [3.63, 3.8) is 0 Å². The van der Waals surface area contributed by atoms with Crippen molar-refractivity contribution in [2.24, 2.45) is 0 Å². The van der Waals surface area contributed by atoms with Crippen LogP contribution in [0.1, 0.15) is 18.3 Å². The second kappa shape index (κ2) is 4.81. The number of carbonyl (C=O) groups excluding carboxylic acids is 1. The largest absolute Gasteiger partial charge is 0.347 e. The van der Waals surface area contributed by atoms with Gasteiger partial charge < -0.3 is 10.3 Å². The van der Waals surface area contributed by atoms with E-state index in [1.165, 1.54) is 0 Å². The Kier molecular flexibility index (Phi) is 3.22. The van der Waals surface area contributed by atoms with E-state index in [9.17, 15) is 4.79 Å². The zero-order valence-corrected chi connectivity index (χ0v) is 9.13. The van der Waals surface area contributed by atoms with E-state index >= 15 is 0 Å². The maximum atomic E-state index is 11.7. The number of hydrogen-bond donors (Lipinski definition) is 3. The van der Waals surface area contributed by atoms with Gasteiger partial charge in [0.2, 0.25) is 5.91 Å². The third-order valence-electron chi connectivity index (χ3n) is 2.57. The molecule has 1 unspecified atom stereocenters. The van der Waals surface area contributed by atoms with E-state index in [2.05, 4.69) is 32.4 Å². The van der Waals surface area contributed by atoms with Crippen LogP contribution in [0.15, 0.2) is 6.33 Å². The molecule has 2 heterocycles. The molecule has 1 aliphatic rings. The van der Waals surface area contributed by atoms with Gasteiger partial charge >= 0.3 is 0 Å². The fraction of sp³-hybridized carbons (Fsp3) is 0.455. The van der Waals surface area contributed by atoms with Crippen molar-refractivity contribution in [1.29, 1.82) is 0 Å². The Morgan fingerprint density at radius 1 is 1.75 bits per heavy atom. The van der Waals surface area contributed by atoms with E-state index in [1.54, 1.807) is 13.3 Å². The van der Waals surface area contributed by atoms with Gasteiger partial charge in [-0.25, -0.2) is 4.98 Å². The molecular formula is C11H14N4O. The van der Waals surface area contributed by atoms with Crippen LogP contribution in [0.3, 0.4) is 0 Å². The number of H-pyrrole nitrogens is 1. The van der Waals surface area contributed by atoms with Crippen LogP contribution < -0.4 is 10.6 Å². The molecule has 0 fully saturated rings. The number of imidazole rings is 1. The molecule has 0 saturated heterocycles. The molecule has 0 radical (unpaired) electrons. The molecule has 5 heteroatoms. The van der Waals surface area contributed by atoms with Gasteiger partial charge in [-0.1, -0.05) is 5.92 Å². The van der Waals surface area contributed by atoms with Gasteiger partial charge in [-0.05, 0) is 6.92 Å². The minimum Gasteiger partial charge on any atom is -0.347 e. The van der Waals surface area contributed by atoms with Crippen LogP contribution in [-0.4, -0.2) is 28.5 Å². The fourth-order valence-electron chi connectivity index (χ4n) is 1.70. The molecule has 0 aliphatic carbocycles. The summed E-state index contributed by atoms with van der Waals surface area (Å²) in [5.74, 6) is 5.52. The van der Waals surface area contributed by atoms with Crippen molar-refractivity contribution in [2.75, 3.05) is 6.54 Å². The maximum absolute atomic E-state index is 11.7. The van der Waals surface area contributed by atoms with Gasteiger partial charge in [-0.3, -0.25) is 10.1 Å². The summed E-state index contributed by atoms with van der Waals surface area (Å²) >= 11 is 0. The van der Waals surface area contributed by atoms with Gasteiger partial charge in [0.25, 0.3) is 0 Å². The number of hydrogen-bond acceptors (Lipinski definition) is 3. The molecule has 0 bridgehead atoms. The van der Waals surface area contributed by atoms with Crippen LogP contribution in [0.25, 0.3) is 0 Å². The molecule has 1 amide bonds. The Hall–Kier alpha value is -1.80. The molecule has 0 aromatic carbocycles. The first kappa shape index (κ1) is 10.7. The van der Waals surface area contributed by atoms with E-state index in [1.807, 2.05) is 0 Å². The fourth-order valence-corrected chi connectivity index (χ4v) is 1.70. The average Bonchev–Trinajstić information content (AvgIpc) is 2.76. The lowest BCUT2D eigenvalue weighted by molar-refractivity contribution is -0.123. The van der Waals surface area contributed by atoms with E-state index in [0.717, 1.165) is 11.4 Å². The first-order valence-electron chi connectivity index (χ1n) is 5.23. The second-order valence-electron chi connectivity index (χ2n) is 3.61. The third-order valence-corrected chi connectivity index (χ3v) is 2.57. The van der Waals surface area contributed by atoms with E-state index in [4.69, 9.17) is 0 Å². The monoisotopic (exact) mass is 218 g/mol. The zero-order chi connectivity index (χ0) is 11.4. The van der Waals surface area contributed by atoms with E-state index in [0.29, 0.717) is 19.5 Å². The first-order valence-corrected chi connectivity index (χ1v) is 5.23. The highest BCUT2D eigenvalue weighted by atomic mass is 16.2. The number of aromatic nitrogens is 2. The lowest BCUT2D eigenvalue weighted by Gasteiger charge is -2.21. The van der Waals surface area contributed by atoms with Crippen LogP contribution in [0, 0.1) is 11.8 Å². The molecule has 2 rings (SSSR count). The Labute approximate surface area is 94.0 Å². The number of aromatic amines is 1. The topological polar surface area (TPSA) is 69.8 Å². The first-order chi connectivity index (χ1) is 7.81. The summed E-state index contributed by atoms with van der Waals surface area (Å²) in [5.41, 5.74) is 2.04. The predicted molar refractivity (Wildman–Crippen MR) is 59.4 cm³/mol. The summed E-state index contributed by atoms with van der Waals surface area (Å²) in [4.78, 5) is 18.9. The third kappa shape index (κ3) is 2.23. The van der Waals surface area contributed by atoms with Crippen molar-refractivity contribution >= 4 is 5.91 Å². The molecule has 3 N–H and O–H groups in total. The number of nitrogens with zero attached hydrogens (tertiary/aromatic N) is 1. The van der Waals surface area contributed by atoms with Gasteiger partial charge in [-0.2, -0.15) is 0 Å². The Balaban J connectivity index is 1.92. The van der Waals surface area contributed by atoms with Crippen LogP contribution in [0.4, 0.5) is 0 Å². The number of carbonyl (C=O) groups is 1. The number of fused-ring (bicyclic) bond motifs is 1. The molecule has 5 nitrogen and oxygen atoms in total. The minimum atomic E-state index is -0.200. The van der Waals surface area contributed by atoms with Gasteiger partial charge in [-0.15, -0.1) is 5.92 Å². The lowest BCUT2D eigenvalue weighted by atomic mass is 10.0. The van der Waals surface area contributed by atoms with Gasteiger partial charge in [0.1, 0.15) is 0 Å². The number of amides is 1. The molecule has 0 spiro atoms. The van der Waals surface area contributed by atoms with Gasteiger partial charge in [0.05, 0.1) is 30.3 Å². The minimum absolute atomic E-state index is 0.0172. The maximum Gasteiger partial charge on any atom is 0.238 e. The smallest absolute Gasteiger partial charge is 0.238 e. The Bertz CT molecular complexity index is 440. The van der Waals surface area contributed by atoms with E-state index < -0.39 is 0 Å².